The van der Waals surface area contributed by atoms with Crippen molar-refractivity contribution in [2.24, 2.45) is 7.05 Å². The lowest BCUT2D eigenvalue weighted by Crippen LogP contribution is -1.92. The van der Waals surface area contributed by atoms with E-state index in [0.29, 0.717) is 10.6 Å². The van der Waals surface area contributed by atoms with Gasteiger partial charge in [0.25, 0.3) is 0 Å². The third-order valence-electron chi connectivity index (χ3n) is 3.11. The Hall–Kier alpha value is -2.31. The first-order chi connectivity index (χ1) is 9.20. The summed E-state index contributed by atoms with van der Waals surface area (Å²) >= 11 is 6.01. The van der Waals surface area contributed by atoms with Gasteiger partial charge in [-0.15, -0.1) is 0 Å². The van der Waals surface area contributed by atoms with Crippen molar-refractivity contribution < 1.29 is 0 Å². The lowest BCUT2D eigenvalue weighted by atomic mass is 10.2. The molecule has 92 valence electrons. The summed E-state index contributed by atoms with van der Waals surface area (Å²) in [7, 11) is 1.94. The lowest BCUT2D eigenvalue weighted by Gasteiger charge is -2.02. The van der Waals surface area contributed by atoms with Crippen LogP contribution >= 0.6 is 11.6 Å². The average Bonchev–Trinajstić information content (AvgIpc) is 2.76. The van der Waals surface area contributed by atoms with Gasteiger partial charge in [0.05, 0.1) is 11.1 Å². The molecule has 0 spiro atoms. The highest BCUT2D eigenvalue weighted by Gasteiger charge is 2.12. The van der Waals surface area contributed by atoms with Crippen molar-refractivity contribution in [2.45, 2.75) is 0 Å². The number of hydrogen-bond acceptors (Lipinski definition) is 2. The first-order valence-electron chi connectivity index (χ1n) is 5.82. The number of imidazole rings is 1. The second-order valence-electron chi connectivity index (χ2n) is 4.29. The van der Waals surface area contributed by atoms with Crippen LogP contribution in [0.15, 0.2) is 42.5 Å². The number of fused-ring (bicyclic) bond motifs is 1. The van der Waals surface area contributed by atoms with E-state index in [4.69, 9.17) is 16.9 Å². The molecule has 0 amide bonds. The molecule has 3 aromatic rings. The molecule has 0 bridgehead atoms. The summed E-state index contributed by atoms with van der Waals surface area (Å²) in [6.45, 7) is 0. The molecule has 0 unspecified atom stereocenters. The first-order valence-corrected chi connectivity index (χ1v) is 6.20. The van der Waals surface area contributed by atoms with Crippen LogP contribution in [0.25, 0.3) is 22.4 Å². The van der Waals surface area contributed by atoms with E-state index in [2.05, 4.69) is 11.1 Å². The minimum absolute atomic E-state index is 0.585. The number of benzene rings is 2. The molecule has 1 heterocycles. The van der Waals surface area contributed by atoms with E-state index in [-0.39, 0.29) is 0 Å². The van der Waals surface area contributed by atoms with Crippen molar-refractivity contribution in [3.05, 3.63) is 53.1 Å². The smallest absolute Gasteiger partial charge is 0.140 e. The Balaban J connectivity index is 2.32. The van der Waals surface area contributed by atoms with Crippen LogP contribution < -0.4 is 0 Å². The zero-order valence-corrected chi connectivity index (χ0v) is 11.0. The van der Waals surface area contributed by atoms with Crippen LogP contribution in [0.1, 0.15) is 5.56 Å². The van der Waals surface area contributed by atoms with Gasteiger partial charge in [-0.25, -0.2) is 4.98 Å². The minimum atomic E-state index is 0.585. The minimum Gasteiger partial charge on any atom is -0.327 e. The van der Waals surface area contributed by atoms with Gasteiger partial charge in [-0.2, -0.15) is 5.26 Å². The number of para-hydroxylation sites is 1. The van der Waals surface area contributed by atoms with Gasteiger partial charge < -0.3 is 4.57 Å². The topological polar surface area (TPSA) is 41.6 Å². The largest absolute Gasteiger partial charge is 0.327 e. The molecule has 0 aliphatic carbocycles. The molecule has 3 nitrogen and oxygen atoms in total. The van der Waals surface area contributed by atoms with Gasteiger partial charge in [0.2, 0.25) is 0 Å². The van der Waals surface area contributed by atoms with Crippen molar-refractivity contribution in [1.82, 2.24) is 9.55 Å². The van der Waals surface area contributed by atoms with E-state index in [1.165, 1.54) is 0 Å². The molecule has 4 heteroatoms. The quantitative estimate of drug-likeness (QED) is 0.673. The van der Waals surface area contributed by atoms with Crippen molar-refractivity contribution in [1.29, 1.82) is 5.26 Å². The van der Waals surface area contributed by atoms with Gasteiger partial charge in [0.15, 0.2) is 0 Å². The van der Waals surface area contributed by atoms with E-state index < -0.39 is 0 Å². The fourth-order valence-corrected chi connectivity index (χ4v) is 2.38. The van der Waals surface area contributed by atoms with Gasteiger partial charge in [-0.3, -0.25) is 0 Å². The Morgan fingerprint density at radius 3 is 2.74 bits per heavy atom. The molecule has 0 saturated heterocycles. The normalized spacial score (nSPS) is 10.6. The predicted molar refractivity (Wildman–Crippen MR) is 75.9 cm³/mol. The zero-order valence-electron chi connectivity index (χ0n) is 10.3. The third-order valence-corrected chi connectivity index (χ3v) is 3.35. The van der Waals surface area contributed by atoms with Crippen LogP contribution in [-0.4, -0.2) is 9.55 Å². The second-order valence-corrected chi connectivity index (χ2v) is 4.73. The summed E-state index contributed by atoms with van der Waals surface area (Å²) < 4.78 is 1.97. The number of aryl methyl sites for hydroxylation is 1. The summed E-state index contributed by atoms with van der Waals surface area (Å²) in [5, 5.41) is 9.80. The van der Waals surface area contributed by atoms with Crippen molar-refractivity contribution in [2.75, 3.05) is 0 Å². The molecule has 0 aliphatic rings. The first kappa shape index (κ1) is 11.8. The van der Waals surface area contributed by atoms with Gasteiger partial charge in [0, 0.05) is 17.6 Å². The SMILES string of the molecule is Cn1c(-c2cccc(Cl)c2)nc2c(C#N)cccc21. The van der Waals surface area contributed by atoms with Gasteiger partial charge in [-0.1, -0.05) is 29.8 Å². The molecular weight excluding hydrogens is 258 g/mol. The van der Waals surface area contributed by atoms with Crippen LogP contribution in [0.3, 0.4) is 0 Å². The summed E-state index contributed by atoms with van der Waals surface area (Å²) in [6.07, 6.45) is 0. The third kappa shape index (κ3) is 1.87. The molecule has 2 aromatic carbocycles. The monoisotopic (exact) mass is 267 g/mol. The fourth-order valence-electron chi connectivity index (χ4n) is 2.19. The fraction of sp³-hybridized carbons (Fsp3) is 0.0667. The maximum Gasteiger partial charge on any atom is 0.140 e. The van der Waals surface area contributed by atoms with Gasteiger partial charge in [0.1, 0.15) is 17.4 Å². The Labute approximate surface area is 115 Å². The Kier molecular flexibility index (Phi) is 2.73. The number of nitriles is 1. The van der Waals surface area contributed by atoms with E-state index >= 15 is 0 Å². The van der Waals surface area contributed by atoms with Crippen molar-refractivity contribution in [3.8, 4) is 17.5 Å². The van der Waals surface area contributed by atoms with E-state index in [9.17, 15) is 0 Å². The molecule has 1 aromatic heterocycles. The number of hydrogen-bond donors (Lipinski definition) is 0. The van der Waals surface area contributed by atoms with E-state index in [1.54, 1.807) is 6.07 Å². The lowest BCUT2D eigenvalue weighted by molar-refractivity contribution is 0.959. The Morgan fingerprint density at radius 2 is 2.00 bits per heavy atom. The van der Waals surface area contributed by atoms with Crippen molar-refractivity contribution in [3.63, 3.8) is 0 Å². The van der Waals surface area contributed by atoms with Gasteiger partial charge in [-0.05, 0) is 24.3 Å². The van der Waals surface area contributed by atoms with Crippen LogP contribution in [0, 0.1) is 11.3 Å². The van der Waals surface area contributed by atoms with Gasteiger partial charge >= 0.3 is 0 Å². The zero-order chi connectivity index (χ0) is 13.4. The molecule has 0 fully saturated rings. The molecular formula is C15H10ClN3. The standard InChI is InChI=1S/C15H10ClN3/c1-19-13-7-3-5-11(9-17)14(13)18-15(19)10-4-2-6-12(16)8-10/h2-8H,1H3. The van der Waals surface area contributed by atoms with Crippen LogP contribution in [0.5, 0.6) is 0 Å². The van der Waals surface area contributed by atoms with Crippen molar-refractivity contribution >= 4 is 22.6 Å². The highest BCUT2D eigenvalue weighted by atomic mass is 35.5. The Bertz CT molecular complexity index is 812. The van der Waals surface area contributed by atoms with Crippen LogP contribution in [0.2, 0.25) is 5.02 Å². The number of nitrogens with zero attached hydrogens (tertiary/aromatic N) is 3. The molecule has 0 N–H and O–H groups in total. The number of halogens is 1. The predicted octanol–water partition coefficient (Wildman–Crippen LogP) is 3.77. The molecule has 3 rings (SSSR count). The number of aromatic nitrogens is 2. The molecule has 0 radical (unpaired) electrons. The summed E-state index contributed by atoms with van der Waals surface area (Å²) in [4.78, 5) is 4.58. The van der Waals surface area contributed by atoms with Crippen LogP contribution in [-0.2, 0) is 7.05 Å². The maximum atomic E-state index is 9.13. The summed E-state index contributed by atoms with van der Waals surface area (Å²) in [5.41, 5.74) is 3.19. The highest BCUT2D eigenvalue weighted by Crippen LogP contribution is 2.26. The summed E-state index contributed by atoms with van der Waals surface area (Å²) in [6, 6.07) is 15.3. The molecule has 0 aliphatic heterocycles. The van der Waals surface area contributed by atoms with Crippen LogP contribution in [0.4, 0.5) is 0 Å². The Morgan fingerprint density at radius 1 is 1.21 bits per heavy atom. The molecule has 0 atom stereocenters. The second kappa shape index (κ2) is 4.42. The number of rotatable bonds is 1. The molecule has 0 saturated carbocycles. The maximum absolute atomic E-state index is 9.13. The average molecular weight is 268 g/mol. The molecule has 19 heavy (non-hydrogen) atoms. The van der Waals surface area contributed by atoms with E-state index in [1.807, 2.05) is 48.0 Å². The highest BCUT2D eigenvalue weighted by molar-refractivity contribution is 6.30. The summed E-state index contributed by atoms with van der Waals surface area (Å²) in [5.74, 6) is 0.806. The van der Waals surface area contributed by atoms with E-state index in [0.717, 1.165) is 22.4 Å².